The fourth-order valence-corrected chi connectivity index (χ4v) is 2.93. The van der Waals surface area contributed by atoms with Gasteiger partial charge < -0.3 is 4.89 Å². The van der Waals surface area contributed by atoms with E-state index < -0.39 is 7.37 Å². The van der Waals surface area contributed by atoms with Crippen molar-refractivity contribution in [1.29, 1.82) is 0 Å². The van der Waals surface area contributed by atoms with E-state index in [1.54, 1.807) is 6.92 Å². The zero-order valence-electron chi connectivity index (χ0n) is 7.83. The molecule has 4 heteroatoms. The van der Waals surface area contributed by atoms with Gasteiger partial charge in [-0.1, -0.05) is 32.6 Å². The van der Waals surface area contributed by atoms with Crippen molar-refractivity contribution < 1.29 is 9.46 Å². The summed E-state index contributed by atoms with van der Waals surface area (Å²) >= 11 is 0. The van der Waals surface area contributed by atoms with E-state index in [1.807, 2.05) is 0 Å². The SMILES string of the molecule is CCP(=O)(O)CCC1CCCC1.[AlH3]. The average molecular weight is 220 g/mol. The predicted octanol–water partition coefficient (Wildman–Crippen LogP) is 1.67. The van der Waals surface area contributed by atoms with Crippen molar-refractivity contribution in [2.45, 2.75) is 39.0 Å². The van der Waals surface area contributed by atoms with Crippen LogP contribution < -0.4 is 0 Å². The van der Waals surface area contributed by atoms with E-state index in [-0.39, 0.29) is 17.4 Å². The lowest BCUT2D eigenvalue weighted by atomic mass is 10.1. The highest BCUT2D eigenvalue weighted by molar-refractivity contribution is 7.57. The first-order valence-corrected chi connectivity index (χ1v) is 6.98. The molecule has 1 N–H and O–H groups in total. The highest BCUT2D eigenvalue weighted by atomic mass is 31.2. The lowest BCUT2D eigenvalue weighted by molar-refractivity contribution is 0.461. The molecule has 1 saturated carbocycles. The summed E-state index contributed by atoms with van der Waals surface area (Å²) in [6, 6.07) is 0. The van der Waals surface area contributed by atoms with Gasteiger partial charge in [0.05, 0.1) is 0 Å². The molecular formula is C9H22AlO2P. The molecule has 0 bridgehead atoms. The van der Waals surface area contributed by atoms with Crippen LogP contribution in [0.5, 0.6) is 0 Å². The Labute approximate surface area is 91.7 Å². The molecular weight excluding hydrogens is 198 g/mol. The third kappa shape index (κ3) is 5.23. The van der Waals surface area contributed by atoms with Gasteiger partial charge in [-0.15, -0.1) is 0 Å². The van der Waals surface area contributed by atoms with E-state index in [2.05, 4.69) is 0 Å². The summed E-state index contributed by atoms with van der Waals surface area (Å²) in [5, 5.41) is 0. The van der Waals surface area contributed by atoms with Gasteiger partial charge in [-0.2, -0.15) is 0 Å². The van der Waals surface area contributed by atoms with Gasteiger partial charge in [0.2, 0.25) is 0 Å². The second kappa shape index (κ2) is 6.25. The number of hydrogen-bond acceptors (Lipinski definition) is 1. The van der Waals surface area contributed by atoms with Gasteiger partial charge in [0.15, 0.2) is 24.7 Å². The molecule has 1 aliphatic carbocycles. The van der Waals surface area contributed by atoms with Crippen LogP contribution >= 0.6 is 7.37 Å². The average Bonchev–Trinajstić information content (AvgIpc) is 2.53. The zero-order chi connectivity index (χ0) is 9.03. The molecule has 2 nitrogen and oxygen atoms in total. The first-order valence-electron chi connectivity index (χ1n) is 4.95. The molecule has 0 radical (unpaired) electrons. The minimum Gasteiger partial charge on any atom is -0.344 e. The van der Waals surface area contributed by atoms with Crippen LogP contribution in [0.15, 0.2) is 0 Å². The third-order valence-electron chi connectivity index (χ3n) is 2.86. The topological polar surface area (TPSA) is 37.3 Å². The largest absolute Gasteiger partial charge is 0.344 e. The summed E-state index contributed by atoms with van der Waals surface area (Å²) in [6.07, 6.45) is 7.18. The van der Waals surface area contributed by atoms with Gasteiger partial charge in [-0.25, -0.2) is 0 Å². The van der Waals surface area contributed by atoms with E-state index in [4.69, 9.17) is 0 Å². The Balaban J connectivity index is 0.00000144. The van der Waals surface area contributed by atoms with Gasteiger partial charge in [0.25, 0.3) is 0 Å². The lowest BCUT2D eigenvalue weighted by Crippen LogP contribution is -1.99. The van der Waals surface area contributed by atoms with Crippen molar-refractivity contribution in [3.05, 3.63) is 0 Å². The molecule has 78 valence electrons. The summed E-state index contributed by atoms with van der Waals surface area (Å²) in [4.78, 5) is 9.34. The molecule has 1 fully saturated rings. The zero-order valence-corrected chi connectivity index (χ0v) is 8.72. The fraction of sp³-hybridized carbons (Fsp3) is 1.00. The van der Waals surface area contributed by atoms with E-state index in [0.717, 1.165) is 12.3 Å². The van der Waals surface area contributed by atoms with Gasteiger partial charge in [0.1, 0.15) is 0 Å². The Morgan fingerprint density at radius 2 is 1.92 bits per heavy atom. The van der Waals surface area contributed by atoms with E-state index in [0.29, 0.717) is 12.3 Å². The molecule has 0 spiro atoms. The lowest BCUT2D eigenvalue weighted by Gasteiger charge is -2.12. The van der Waals surface area contributed by atoms with Crippen molar-refractivity contribution in [1.82, 2.24) is 0 Å². The summed E-state index contributed by atoms with van der Waals surface area (Å²) in [7, 11) is -2.73. The van der Waals surface area contributed by atoms with Crippen molar-refractivity contribution in [2.75, 3.05) is 12.3 Å². The molecule has 1 rings (SSSR count). The molecule has 0 aromatic carbocycles. The van der Waals surface area contributed by atoms with Gasteiger partial charge >= 0.3 is 0 Å². The highest BCUT2D eigenvalue weighted by Crippen LogP contribution is 2.42. The second-order valence-corrected chi connectivity index (χ2v) is 6.60. The summed E-state index contributed by atoms with van der Waals surface area (Å²) < 4.78 is 11.3. The molecule has 1 aliphatic rings. The van der Waals surface area contributed by atoms with Crippen LogP contribution in [-0.2, 0) is 4.57 Å². The molecule has 1 atom stereocenters. The maximum atomic E-state index is 11.3. The maximum absolute atomic E-state index is 11.3. The summed E-state index contributed by atoms with van der Waals surface area (Å²) in [6.45, 7) is 1.80. The third-order valence-corrected chi connectivity index (χ3v) is 4.80. The quantitative estimate of drug-likeness (QED) is 0.578. The molecule has 0 heterocycles. The Morgan fingerprint density at radius 1 is 1.38 bits per heavy atom. The molecule has 0 saturated heterocycles. The Morgan fingerprint density at radius 3 is 2.38 bits per heavy atom. The Kier molecular flexibility index (Phi) is 6.60. The van der Waals surface area contributed by atoms with Crippen LogP contribution in [0.1, 0.15) is 39.0 Å². The van der Waals surface area contributed by atoms with Crippen LogP contribution in [0.4, 0.5) is 0 Å². The molecule has 0 amide bonds. The first kappa shape index (κ1) is 13.7. The maximum Gasteiger partial charge on any atom is 0.200 e. The Hall–Kier alpha value is 0.722. The van der Waals surface area contributed by atoms with Crippen molar-refractivity contribution in [3.8, 4) is 0 Å². The number of rotatable bonds is 4. The monoisotopic (exact) mass is 220 g/mol. The van der Waals surface area contributed by atoms with Crippen LogP contribution in [-0.4, -0.2) is 34.6 Å². The molecule has 0 aromatic rings. The van der Waals surface area contributed by atoms with Gasteiger partial charge in [-0.3, -0.25) is 4.57 Å². The van der Waals surface area contributed by atoms with Crippen molar-refractivity contribution >= 4 is 24.7 Å². The minimum absolute atomic E-state index is 0. The smallest absolute Gasteiger partial charge is 0.200 e. The second-order valence-electron chi connectivity index (χ2n) is 3.83. The summed E-state index contributed by atoms with van der Waals surface area (Å²) in [5.74, 6) is 0.747. The normalized spacial score (nSPS) is 22.3. The van der Waals surface area contributed by atoms with E-state index in [1.165, 1.54) is 25.7 Å². The first-order chi connectivity index (χ1) is 5.64. The van der Waals surface area contributed by atoms with Crippen LogP contribution in [0.25, 0.3) is 0 Å². The predicted molar refractivity (Wildman–Crippen MR) is 61.7 cm³/mol. The molecule has 0 aliphatic heterocycles. The summed E-state index contributed by atoms with van der Waals surface area (Å²) in [5.41, 5.74) is 0. The molecule has 0 aromatic heterocycles. The fourth-order valence-electron chi connectivity index (χ4n) is 1.84. The molecule has 13 heavy (non-hydrogen) atoms. The standard InChI is InChI=1S/C9H19O2P.Al.3H/c1-2-12(10,11)8-7-9-5-3-4-6-9;;;;/h9H,2-8H2,1H3,(H,10,11);;;;. The van der Waals surface area contributed by atoms with E-state index in [9.17, 15) is 9.46 Å². The van der Waals surface area contributed by atoms with Gasteiger partial charge in [-0.05, 0) is 12.3 Å². The minimum atomic E-state index is -2.73. The van der Waals surface area contributed by atoms with Crippen LogP contribution in [0.3, 0.4) is 0 Å². The number of hydrogen-bond donors (Lipinski definition) is 1. The van der Waals surface area contributed by atoms with Crippen LogP contribution in [0, 0.1) is 5.92 Å². The van der Waals surface area contributed by atoms with Crippen molar-refractivity contribution in [2.24, 2.45) is 5.92 Å². The van der Waals surface area contributed by atoms with Crippen LogP contribution in [0.2, 0.25) is 0 Å². The van der Waals surface area contributed by atoms with E-state index >= 15 is 0 Å². The van der Waals surface area contributed by atoms with Gasteiger partial charge in [0, 0.05) is 12.3 Å². The highest BCUT2D eigenvalue weighted by Gasteiger charge is 2.20. The Bertz CT molecular complexity index is 178. The van der Waals surface area contributed by atoms with Crippen molar-refractivity contribution in [3.63, 3.8) is 0 Å². The molecule has 1 unspecified atom stereocenters.